The van der Waals surface area contributed by atoms with Gasteiger partial charge in [0.05, 0.1) is 29.2 Å². The molecule has 1 aromatic heterocycles. The van der Waals surface area contributed by atoms with Gasteiger partial charge in [0.2, 0.25) is 5.91 Å². The number of carbonyl (C=O) groups is 1. The van der Waals surface area contributed by atoms with Crippen molar-refractivity contribution in [3.8, 4) is 11.4 Å². The van der Waals surface area contributed by atoms with Crippen LogP contribution in [0.5, 0.6) is 5.75 Å². The average molecular weight is 473 g/mol. The van der Waals surface area contributed by atoms with Crippen molar-refractivity contribution in [2.24, 2.45) is 0 Å². The highest BCUT2D eigenvalue weighted by Crippen LogP contribution is 2.33. The first-order valence-electron chi connectivity index (χ1n) is 9.32. The Morgan fingerprint density at radius 3 is 2.45 bits per heavy atom. The Morgan fingerprint density at radius 2 is 1.82 bits per heavy atom. The van der Waals surface area contributed by atoms with Gasteiger partial charge in [0.15, 0.2) is 6.61 Å². The van der Waals surface area contributed by atoms with E-state index in [9.17, 15) is 31.1 Å². The van der Waals surface area contributed by atoms with E-state index in [0.29, 0.717) is 5.56 Å². The molecule has 7 nitrogen and oxygen atoms in total. The van der Waals surface area contributed by atoms with Crippen LogP contribution in [-0.2, 0) is 11.0 Å². The summed E-state index contributed by atoms with van der Waals surface area (Å²) in [6, 6.07) is 7.10. The van der Waals surface area contributed by atoms with Gasteiger partial charge < -0.3 is 15.4 Å². The van der Waals surface area contributed by atoms with Crippen LogP contribution in [0.15, 0.2) is 49.1 Å². The molecule has 2 N–H and O–H groups in total. The molecule has 0 saturated heterocycles. The lowest BCUT2D eigenvalue weighted by Crippen LogP contribution is -2.24. The van der Waals surface area contributed by atoms with Crippen LogP contribution in [0.25, 0.3) is 5.69 Å². The van der Waals surface area contributed by atoms with Crippen LogP contribution in [0, 0.1) is 6.92 Å². The molecule has 1 heterocycles. The van der Waals surface area contributed by atoms with Crippen LogP contribution in [0.2, 0.25) is 0 Å². The lowest BCUT2D eigenvalue weighted by molar-refractivity contribution is -0.153. The minimum Gasteiger partial charge on any atom is -0.482 e. The van der Waals surface area contributed by atoms with Gasteiger partial charge in [0.25, 0.3) is 0 Å². The molecule has 0 spiro atoms. The lowest BCUT2D eigenvalue weighted by atomic mass is 10.1. The number of amides is 1. The van der Waals surface area contributed by atoms with Crippen LogP contribution in [-0.4, -0.2) is 40.0 Å². The topological polar surface area (TPSA) is 81.1 Å². The van der Waals surface area contributed by atoms with E-state index in [2.05, 4.69) is 20.7 Å². The monoisotopic (exact) mass is 473 g/mol. The Morgan fingerprint density at radius 1 is 1.06 bits per heavy atom. The van der Waals surface area contributed by atoms with Crippen LogP contribution in [0.3, 0.4) is 0 Å². The maximum absolute atomic E-state index is 13.1. The summed E-state index contributed by atoms with van der Waals surface area (Å²) in [6.07, 6.45) is -6.79. The van der Waals surface area contributed by atoms with Gasteiger partial charge in [0, 0.05) is 0 Å². The third-order valence-electron chi connectivity index (χ3n) is 4.23. The summed E-state index contributed by atoms with van der Waals surface area (Å²) in [6.45, 7) is -0.336. The zero-order valence-electron chi connectivity index (χ0n) is 17.0. The molecule has 0 saturated carbocycles. The van der Waals surface area contributed by atoms with Crippen molar-refractivity contribution in [1.82, 2.24) is 14.8 Å². The molecule has 176 valence electrons. The number of nitrogens with one attached hydrogen (secondary N) is 2. The molecule has 0 unspecified atom stereocenters. The van der Waals surface area contributed by atoms with Crippen molar-refractivity contribution < 1.29 is 35.9 Å². The van der Waals surface area contributed by atoms with Crippen LogP contribution in [0.1, 0.15) is 11.1 Å². The summed E-state index contributed by atoms with van der Waals surface area (Å²) in [7, 11) is 0. The Bertz CT molecular complexity index is 1110. The Labute approximate surface area is 183 Å². The van der Waals surface area contributed by atoms with E-state index in [-0.39, 0.29) is 22.8 Å². The van der Waals surface area contributed by atoms with Crippen LogP contribution >= 0.6 is 0 Å². The fraction of sp³-hybridized carbons (Fsp3) is 0.250. The number of aromatic nitrogens is 3. The molecule has 3 rings (SSSR count). The second-order valence-corrected chi connectivity index (χ2v) is 6.87. The van der Waals surface area contributed by atoms with Crippen molar-refractivity contribution in [2.45, 2.75) is 19.3 Å². The number of anilines is 2. The first-order chi connectivity index (χ1) is 15.4. The molecule has 33 heavy (non-hydrogen) atoms. The fourth-order valence-corrected chi connectivity index (χ4v) is 2.77. The molecule has 0 aliphatic carbocycles. The van der Waals surface area contributed by atoms with Gasteiger partial charge in [-0.05, 0) is 42.8 Å². The Kier molecular flexibility index (Phi) is 6.79. The summed E-state index contributed by atoms with van der Waals surface area (Å²) in [5.74, 6) is -0.875. The van der Waals surface area contributed by atoms with Gasteiger partial charge in [-0.15, -0.1) is 0 Å². The van der Waals surface area contributed by atoms with E-state index in [0.717, 1.165) is 18.2 Å². The highest BCUT2D eigenvalue weighted by atomic mass is 19.4. The molecular formula is C20H17F6N5O2. The third kappa shape index (κ3) is 6.60. The number of rotatable bonds is 7. The van der Waals surface area contributed by atoms with Gasteiger partial charge in [0.1, 0.15) is 18.4 Å². The summed E-state index contributed by atoms with van der Waals surface area (Å²) in [4.78, 5) is 16.2. The standard InChI is InChI=1S/C20H17F6N5O2/c1-12-2-4-14(17(6-12)33-9-19(21,22)23)28-8-18(32)30-15-7-13(20(24,25)26)3-5-16(15)31-11-27-10-29-31/h2-7,10-11,28H,8-9H2,1H3,(H,30,32). The summed E-state index contributed by atoms with van der Waals surface area (Å²) >= 11 is 0. The van der Waals surface area contributed by atoms with E-state index in [1.807, 2.05) is 0 Å². The van der Waals surface area contributed by atoms with Crippen molar-refractivity contribution in [2.75, 3.05) is 23.8 Å². The van der Waals surface area contributed by atoms with E-state index in [4.69, 9.17) is 4.74 Å². The fourth-order valence-electron chi connectivity index (χ4n) is 2.77. The van der Waals surface area contributed by atoms with Gasteiger partial charge >= 0.3 is 12.4 Å². The van der Waals surface area contributed by atoms with E-state index in [1.54, 1.807) is 13.0 Å². The maximum atomic E-state index is 13.1. The molecule has 2 aromatic carbocycles. The van der Waals surface area contributed by atoms with E-state index < -0.39 is 37.0 Å². The number of nitrogens with zero attached hydrogens (tertiary/aromatic N) is 3. The number of halogens is 6. The zero-order chi connectivity index (χ0) is 24.2. The zero-order valence-corrected chi connectivity index (χ0v) is 17.0. The number of hydrogen-bond acceptors (Lipinski definition) is 5. The first kappa shape index (κ1) is 23.9. The predicted molar refractivity (Wildman–Crippen MR) is 106 cm³/mol. The SMILES string of the molecule is Cc1ccc(NCC(=O)Nc2cc(C(F)(F)F)ccc2-n2cncn2)c(OCC(F)(F)F)c1. The normalized spacial score (nSPS) is 11.8. The summed E-state index contributed by atoms with van der Waals surface area (Å²) in [5, 5.41) is 8.84. The third-order valence-corrected chi connectivity index (χ3v) is 4.23. The van der Waals surface area contributed by atoms with Gasteiger partial charge in [-0.2, -0.15) is 31.4 Å². The number of ether oxygens (including phenoxy) is 1. The first-order valence-corrected chi connectivity index (χ1v) is 9.32. The molecule has 3 aromatic rings. The highest BCUT2D eigenvalue weighted by Gasteiger charge is 2.31. The molecule has 0 atom stereocenters. The molecular weight excluding hydrogens is 456 g/mol. The minimum absolute atomic E-state index is 0.112. The average Bonchev–Trinajstić information content (AvgIpc) is 3.25. The molecule has 13 heteroatoms. The van der Waals surface area contributed by atoms with Crippen LogP contribution in [0.4, 0.5) is 37.7 Å². The number of hydrogen-bond donors (Lipinski definition) is 2. The summed E-state index contributed by atoms with van der Waals surface area (Å²) < 4.78 is 82.8. The second kappa shape index (κ2) is 9.38. The predicted octanol–water partition coefficient (Wildman–Crippen LogP) is 4.59. The molecule has 0 radical (unpaired) electrons. The molecule has 0 aliphatic rings. The van der Waals surface area contributed by atoms with Crippen molar-refractivity contribution in [3.63, 3.8) is 0 Å². The van der Waals surface area contributed by atoms with Crippen molar-refractivity contribution >= 4 is 17.3 Å². The molecule has 0 bridgehead atoms. The lowest BCUT2D eigenvalue weighted by Gasteiger charge is -2.16. The van der Waals surface area contributed by atoms with Gasteiger partial charge in [-0.25, -0.2) is 9.67 Å². The molecule has 0 fully saturated rings. The number of aryl methyl sites for hydroxylation is 1. The van der Waals surface area contributed by atoms with Gasteiger partial charge in [-0.3, -0.25) is 4.79 Å². The number of carbonyl (C=O) groups excluding carboxylic acids is 1. The second-order valence-electron chi connectivity index (χ2n) is 6.87. The summed E-state index contributed by atoms with van der Waals surface area (Å²) in [5.41, 5.74) is -0.293. The highest BCUT2D eigenvalue weighted by molar-refractivity contribution is 5.95. The van der Waals surface area contributed by atoms with Crippen molar-refractivity contribution in [1.29, 1.82) is 0 Å². The van der Waals surface area contributed by atoms with Crippen LogP contribution < -0.4 is 15.4 Å². The van der Waals surface area contributed by atoms with Crippen molar-refractivity contribution in [3.05, 3.63) is 60.2 Å². The molecule has 1 amide bonds. The number of alkyl halides is 6. The largest absolute Gasteiger partial charge is 0.482 e. The molecule has 0 aliphatic heterocycles. The van der Waals surface area contributed by atoms with E-state index in [1.165, 1.54) is 29.5 Å². The Balaban J connectivity index is 1.76. The Hall–Kier alpha value is -3.77. The van der Waals surface area contributed by atoms with Gasteiger partial charge in [-0.1, -0.05) is 6.07 Å². The minimum atomic E-state index is -4.65. The van der Waals surface area contributed by atoms with E-state index >= 15 is 0 Å². The number of benzene rings is 2. The maximum Gasteiger partial charge on any atom is 0.422 e. The quantitative estimate of drug-likeness (QED) is 0.491. The smallest absolute Gasteiger partial charge is 0.422 e.